The average Bonchev–Trinajstić information content (AvgIpc) is 2.21. The average molecular weight is 234 g/mol. The van der Waals surface area contributed by atoms with Gasteiger partial charge in [0.15, 0.2) is 0 Å². The predicted octanol–water partition coefficient (Wildman–Crippen LogP) is 0.517. The largest absolute Gasteiger partial charge is 0.378 e. The maximum atomic E-state index is 5.08. The number of nitrogens with zero attached hydrogens (tertiary/aromatic N) is 4. The Morgan fingerprint density at radius 2 is 2.24 bits per heavy atom. The van der Waals surface area contributed by atoms with E-state index in [0.717, 1.165) is 30.8 Å². The number of hydrogen-bond donors (Lipinski definition) is 0. The van der Waals surface area contributed by atoms with E-state index in [1.807, 2.05) is 12.3 Å². The number of likely N-dealkylation sites (tertiary alicyclic amines) is 1. The molecule has 0 spiro atoms. The maximum absolute atomic E-state index is 5.08. The van der Waals surface area contributed by atoms with E-state index in [-0.39, 0.29) is 0 Å². The molecule has 2 fully saturated rings. The van der Waals surface area contributed by atoms with Crippen molar-refractivity contribution < 1.29 is 4.74 Å². The molecule has 5 heteroatoms. The Kier molecular flexibility index (Phi) is 2.94. The highest BCUT2D eigenvalue weighted by Gasteiger charge is 2.35. The summed E-state index contributed by atoms with van der Waals surface area (Å²) in [6.07, 6.45) is 3.17. The highest BCUT2D eigenvalue weighted by molar-refractivity contribution is 5.35. The van der Waals surface area contributed by atoms with Gasteiger partial charge in [-0.2, -0.15) is 0 Å². The summed E-state index contributed by atoms with van der Waals surface area (Å²) in [4.78, 5) is 13.6. The summed E-state index contributed by atoms with van der Waals surface area (Å²) < 4.78 is 5.08. The van der Waals surface area contributed by atoms with Crippen LogP contribution in [0.3, 0.4) is 0 Å². The molecule has 1 aromatic rings. The summed E-state index contributed by atoms with van der Waals surface area (Å²) in [7, 11) is 1.69. The van der Waals surface area contributed by atoms with Crippen LogP contribution in [0.1, 0.15) is 12.1 Å². The molecule has 0 radical (unpaired) electrons. The Labute approximate surface area is 101 Å². The lowest BCUT2D eigenvalue weighted by Gasteiger charge is -2.48. The van der Waals surface area contributed by atoms with Gasteiger partial charge in [-0.25, -0.2) is 9.97 Å². The van der Waals surface area contributed by atoms with E-state index in [4.69, 9.17) is 4.74 Å². The number of aromatic nitrogens is 2. The van der Waals surface area contributed by atoms with Gasteiger partial charge in [0.1, 0.15) is 0 Å². The molecule has 1 aromatic heterocycles. The molecule has 2 aliphatic heterocycles. The van der Waals surface area contributed by atoms with Gasteiger partial charge in [-0.15, -0.1) is 0 Å². The standard InChI is InChI=1S/C12H18N4O/c1-17-9-10-3-4-13-12(14-10)16-7-11(8-16)15-5-2-6-15/h3-4,11H,2,5-9H2,1H3. The molecule has 3 rings (SSSR count). The zero-order valence-electron chi connectivity index (χ0n) is 10.2. The van der Waals surface area contributed by atoms with E-state index in [1.54, 1.807) is 7.11 Å². The third kappa shape index (κ3) is 2.12. The maximum Gasteiger partial charge on any atom is 0.225 e. The molecule has 0 bridgehead atoms. The van der Waals surface area contributed by atoms with Crippen molar-refractivity contribution in [1.82, 2.24) is 14.9 Å². The first-order valence-corrected chi connectivity index (χ1v) is 6.16. The summed E-state index contributed by atoms with van der Waals surface area (Å²) in [6, 6.07) is 2.62. The number of methoxy groups -OCH3 is 1. The lowest BCUT2D eigenvalue weighted by Crippen LogP contribution is -2.63. The second-order valence-corrected chi connectivity index (χ2v) is 4.73. The molecular weight excluding hydrogens is 216 g/mol. The van der Waals surface area contributed by atoms with Crippen molar-refractivity contribution in [2.45, 2.75) is 19.1 Å². The highest BCUT2D eigenvalue weighted by atomic mass is 16.5. The molecule has 3 heterocycles. The van der Waals surface area contributed by atoms with Crippen LogP contribution >= 0.6 is 0 Å². The van der Waals surface area contributed by atoms with E-state index in [0.29, 0.717) is 6.61 Å². The van der Waals surface area contributed by atoms with Crippen LogP contribution in [0.15, 0.2) is 12.3 Å². The van der Waals surface area contributed by atoms with Gasteiger partial charge < -0.3 is 9.64 Å². The second kappa shape index (κ2) is 4.58. The SMILES string of the molecule is COCc1ccnc(N2CC(N3CCC3)C2)n1. The van der Waals surface area contributed by atoms with Crippen molar-refractivity contribution in [2.24, 2.45) is 0 Å². The topological polar surface area (TPSA) is 41.5 Å². The molecule has 2 aliphatic rings. The molecule has 0 atom stereocenters. The van der Waals surface area contributed by atoms with Crippen LogP contribution in [0.4, 0.5) is 5.95 Å². The molecule has 0 unspecified atom stereocenters. The minimum atomic E-state index is 0.554. The van der Waals surface area contributed by atoms with Crippen LogP contribution in [0.5, 0.6) is 0 Å². The number of ether oxygens (including phenoxy) is 1. The molecule has 0 aromatic carbocycles. The summed E-state index contributed by atoms with van der Waals surface area (Å²) in [6.45, 7) is 5.22. The summed E-state index contributed by atoms with van der Waals surface area (Å²) in [5, 5.41) is 0. The summed E-state index contributed by atoms with van der Waals surface area (Å²) in [5.74, 6) is 0.844. The third-order valence-corrected chi connectivity index (χ3v) is 3.54. The van der Waals surface area contributed by atoms with E-state index in [2.05, 4.69) is 19.8 Å². The van der Waals surface area contributed by atoms with Gasteiger partial charge >= 0.3 is 0 Å². The van der Waals surface area contributed by atoms with Gasteiger partial charge in [0.2, 0.25) is 5.95 Å². The lowest BCUT2D eigenvalue weighted by atomic mass is 10.0. The number of hydrogen-bond acceptors (Lipinski definition) is 5. The molecule has 0 saturated carbocycles. The van der Waals surface area contributed by atoms with Gasteiger partial charge in [-0.3, -0.25) is 4.90 Å². The van der Waals surface area contributed by atoms with Crippen molar-refractivity contribution in [3.05, 3.63) is 18.0 Å². The molecule has 0 amide bonds. The molecular formula is C12H18N4O. The second-order valence-electron chi connectivity index (χ2n) is 4.73. The van der Waals surface area contributed by atoms with Gasteiger partial charge in [0, 0.05) is 32.4 Å². The zero-order chi connectivity index (χ0) is 11.7. The Bertz CT molecular complexity index is 388. The fraction of sp³-hybridized carbons (Fsp3) is 0.667. The Hall–Kier alpha value is -1.20. The van der Waals surface area contributed by atoms with Crippen molar-refractivity contribution in [2.75, 3.05) is 38.2 Å². The zero-order valence-corrected chi connectivity index (χ0v) is 10.2. The Morgan fingerprint density at radius 3 is 2.88 bits per heavy atom. The minimum absolute atomic E-state index is 0.554. The van der Waals surface area contributed by atoms with Crippen LogP contribution in [0.25, 0.3) is 0 Å². The minimum Gasteiger partial charge on any atom is -0.378 e. The molecule has 92 valence electrons. The van der Waals surface area contributed by atoms with Gasteiger partial charge in [0.25, 0.3) is 0 Å². The van der Waals surface area contributed by atoms with Crippen molar-refractivity contribution in [3.8, 4) is 0 Å². The monoisotopic (exact) mass is 234 g/mol. The normalized spacial score (nSPS) is 21.1. The van der Waals surface area contributed by atoms with Crippen LogP contribution in [-0.2, 0) is 11.3 Å². The Balaban J connectivity index is 1.59. The first kappa shape index (κ1) is 10.9. The number of rotatable bonds is 4. The lowest BCUT2D eigenvalue weighted by molar-refractivity contribution is 0.0968. The van der Waals surface area contributed by atoms with E-state index in [1.165, 1.54) is 19.5 Å². The summed E-state index contributed by atoms with van der Waals surface area (Å²) in [5.41, 5.74) is 0.949. The number of anilines is 1. The van der Waals surface area contributed by atoms with Crippen molar-refractivity contribution >= 4 is 5.95 Å². The summed E-state index contributed by atoms with van der Waals surface area (Å²) >= 11 is 0. The first-order valence-electron chi connectivity index (χ1n) is 6.16. The fourth-order valence-electron chi connectivity index (χ4n) is 2.32. The third-order valence-electron chi connectivity index (χ3n) is 3.54. The van der Waals surface area contributed by atoms with Gasteiger partial charge in [-0.1, -0.05) is 0 Å². The quantitative estimate of drug-likeness (QED) is 0.759. The molecule has 0 aliphatic carbocycles. The van der Waals surface area contributed by atoms with Gasteiger partial charge in [-0.05, 0) is 25.6 Å². The van der Waals surface area contributed by atoms with Crippen LogP contribution in [0.2, 0.25) is 0 Å². The van der Waals surface area contributed by atoms with E-state index < -0.39 is 0 Å². The highest BCUT2D eigenvalue weighted by Crippen LogP contribution is 2.23. The van der Waals surface area contributed by atoms with E-state index >= 15 is 0 Å². The van der Waals surface area contributed by atoms with Crippen LogP contribution in [-0.4, -0.2) is 54.2 Å². The molecule has 17 heavy (non-hydrogen) atoms. The van der Waals surface area contributed by atoms with Crippen LogP contribution in [0, 0.1) is 0 Å². The van der Waals surface area contributed by atoms with Gasteiger partial charge in [0.05, 0.1) is 12.3 Å². The van der Waals surface area contributed by atoms with E-state index in [9.17, 15) is 0 Å². The fourth-order valence-corrected chi connectivity index (χ4v) is 2.32. The molecule has 5 nitrogen and oxygen atoms in total. The Morgan fingerprint density at radius 1 is 1.41 bits per heavy atom. The smallest absolute Gasteiger partial charge is 0.225 e. The van der Waals surface area contributed by atoms with Crippen molar-refractivity contribution in [1.29, 1.82) is 0 Å². The predicted molar refractivity (Wildman–Crippen MR) is 64.9 cm³/mol. The van der Waals surface area contributed by atoms with Crippen molar-refractivity contribution in [3.63, 3.8) is 0 Å². The van der Waals surface area contributed by atoms with Crippen LogP contribution < -0.4 is 4.90 Å². The molecule has 0 N–H and O–H groups in total. The molecule has 2 saturated heterocycles. The first-order chi connectivity index (χ1) is 8.36.